The van der Waals surface area contributed by atoms with Gasteiger partial charge >= 0.3 is 0 Å². The summed E-state index contributed by atoms with van der Waals surface area (Å²) in [6.07, 6.45) is 0. The second kappa shape index (κ2) is 5.04. The summed E-state index contributed by atoms with van der Waals surface area (Å²) >= 11 is 0. The Kier molecular flexibility index (Phi) is 2.90. The number of phenols is 1. The highest BCUT2D eigenvalue weighted by Gasteiger charge is 2.19. The van der Waals surface area contributed by atoms with Gasteiger partial charge in [0.2, 0.25) is 0 Å². The maximum Gasteiger partial charge on any atom is 0.173 e. The SMILES string of the molecule is Oc1ccc(-c2onc(-c3ccccc3)c3cccc2-3)cc1. The molecule has 0 atom stereocenters. The van der Waals surface area contributed by atoms with Crippen molar-refractivity contribution in [1.82, 2.24) is 5.16 Å². The van der Waals surface area contributed by atoms with Crippen LogP contribution in [0.1, 0.15) is 0 Å². The van der Waals surface area contributed by atoms with Gasteiger partial charge in [-0.2, -0.15) is 0 Å². The van der Waals surface area contributed by atoms with Gasteiger partial charge in [-0.05, 0) is 24.3 Å². The lowest BCUT2D eigenvalue weighted by atomic mass is 10.00. The number of rotatable bonds is 2. The first-order valence-corrected chi connectivity index (χ1v) is 7.06. The van der Waals surface area contributed by atoms with Crippen molar-refractivity contribution in [3.05, 3.63) is 72.8 Å². The lowest BCUT2D eigenvalue weighted by Gasteiger charge is -2.10. The summed E-state index contributed by atoms with van der Waals surface area (Å²) in [5.74, 6) is 0.941. The van der Waals surface area contributed by atoms with Crippen LogP contribution in [0.15, 0.2) is 77.3 Å². The summed E-state index contributed by atoms with van der Waals surface area (Å²) in [6.45, 7) is 0. The number of aromatic hydroxyl groups is 1. The van der Waals surface area contributed by atoms with Crippen LogP contribution in [0.2, 0.25) is 0 Å². The van der Waals surface area contributed by atoms with Crippen molar-refractivity contribution in [2.24, 2.45) is 0 Å². The second-order valence-electron chi connectivity index (χ2n) is 5.13. The smallest absolute Gasteiger partial charge is 0.173 e. The third-order valence-corrected chi connectivity index (χ3v) is 3.72. The Hall–Kier alpha value is -3.07. The molecule has 1 N–H and O–H groups in total. The average molecular weight is 287 g/mol. The molecule has 1 aliphatic heterocycles. The highest BCUT2D eigenvalue weighted by Crippen LogP contribution is 2.39. The van der Waals surface area contributed by atoms with Crippen LogP contribution in [0.4, 0.5) is 0 Å². The van der Waals surface area contributed by atoms with E-state index in [1.807, 2.05) is 60.7 Å². The van der Waals surface area contributed by atoms with Gasteiger partial charge in [-0.3, -0.25) is 0 Å². The van der Waals surface area contributed by atoms with Gasteiger partial charge in [0.1, 0.15) is 11.4 Å². The number of fused-ring (bicyclic) bond motifs is 1. The molecule has 1 aliphatic carbocycles. The summed E-state index contributed by atoms with van der Waals surface area (Å²) in [6, 6.07) is 23.0. The molecule has 0 saturated heterocycles. The van der Waals surface area contributed by atoms with E-state index < -0.39 is 0 Å². The monoisotopic (exact) mass is 287 g/mol. The number of aromatic nitrogens is 1. The van der Waals surface area contributed by atoms with Crippen LogP contribution in [0.5, 0.6) is 5.75 Å². The molecule has 2 aromatic rings. The molecule has 2 aliphatic rings. The molecule has 106 valence electrons. The van der Waals surface area contributed by atoms with E-state index >= 15 is 0 Å². The first-order chi connectivity index (χ1) is 10.8. The Bertz CT molecular complexity index is 879. The summed E-state index contributed by atoms with van der Waals surface area (Å²) in [5, 5.41) is 13.7. The largest absolute Gasteiger partial charge is 0.508 e. The van der Waals surface area contributed by atoms with Gasteiger partial charge in [0.15, 0.2) is 5.76 Å². The molecule has 0 spiro atoms. The molecule has 2 aromatic carbocycles. The van der Waals surface area contributed by atoms with Gasteiger partial charge in [-0.1, -0.05) is 53.7 Å². The first kappa shape index (κ1) is 12.7. The predicted octanol–water partition coefficient (Wildman–Crippen LogP) is 4.82. The molecule has 1 heterocycles. The molecule has 3 heteroatoms. The van der Waals surface area contributed by atoms with E-state index in [1.54, 1.807) is 12.1 Å². The quantitative estimate of drug-likeness (QED) is 0.575. The maximum atomic E-state index is 9.42. The molecule has 0 unspecified atom stereocenters. The lowest BCUT2D eigenvalue weighted by molar-refractivity contribution is 0.418. The highest BCUT2D eigenvalue weighted by molar-refractivity contribution is 5.89. The zero-order valence-corrected chi connectivity index (χ0v) is 11.7. The van der Waals surface area contributed by atoms with E-state index in [-0.39, 0.29) is 5.75 Å². The molecule has 0 fully saturated rings. The molecule has 22 heavy (non-hydrogen) atoms. The summed E-state index contributed by atoms with van der Waals surface area (Å²) < 4.78 is 5.68. The predicted molar refractivity (Wildman–Crippen MR) is 85.7 cm³/mol. The van der Waals surface area contributed by atoms with Crippen molar-refractivity contribution in [1.29, 1.82) is 0 Å². The molecule has 3 nitrogen and oxygen atoms in total. The third kappa shape index (κ3) is 2.04. The van der Waals surface area contributed by atoms with Crippen molar-refractivity contribution < 1.29 is 9.63 Å². The molecule has 0 amide bonds. The zero-order valence-electron chi connectivity index (χ0n) is 11.7. The standard InChI is InChI=1S/C19H13NO2/c21-15-11-9-14(10-12-15)19-17-8-4-7-16(17)18(20-22-19)13-5-2-1-3-6-13/h1-12,21H. The van der Waals surface area contributed by atoms with Crippen molar-refractivity contribution in [2.45, 2.75) is 0 Å². The molecular formula is C19H13NO2. The van der Waals surface area contributed by atoms with Gasteiger partial charge in [-0.15, -0.1) is 0 Å². The van der Waals surface area contributed by atoms with Gasteiger partial charge in [0.05, 0.1) is 0 Å². The minimum atomic E-state index is 0.233. The van der Waals surface area contributed by atoms with Crippen molar-refractivity contribution in [2.75, 3.05) is 0 Å². The average Bonchev–Trinajstić information content (AvgIpc) is 3.05. The Labute approximate surface area is 127 Å². The minimum Gasteiger partial charge on any atom is -0.508 e. The van der Waals surface area contributed by atoms with Crippen LogP contribution >= 0.6 is 0 Å². The Morgan fingerprint density at radius 3 is 2.18 bits per heavy atom. The maximum absolute atomic E-state index is 9.42. The molecule has 0 bridgehead atoms. The van der Waals surface area contributed by atoms with Gasteiger partial charge < -0.3 is 9.63 Å². The molecular weight excluding hydrogens is 274 g/mol. The molecule has 0 radical (unpaired) electrons. The molecule has 0 aromatic heterocycles. The summed E-state index contributed by atoms with van der Waals surface area (Å²) in [7, 11) is 0. The number of hydrogen-bond donors (Lipinski definition) is 1. The van der Waals surface area contributed by atoms with E-state index in [9.17, 15) is 5.11 Å². The van der Waals surface area contributed by atoms with Crippen LogP contribution in [0.3, 0.4) is 0 Å². The number of benzene rings is 2. The van der Waals surface area contributed by atoms with Crippen molar-refractivity contribution in [3.8, 4) is 39.5 Å². The third-order valence-electron chi connectivity index (χ3n) is 3.72. The van der Waals surface area contributed by atoms with E-state index in [0.29, 0.717) is 5.76 Å². The van der Waals surface area contributed by atoms with Crippen molar-refractivity contribution in [3.63, 3.8) is 0 Å². The van der Waals surface area contributed by atoms with Crippen LogP contribution < -0.4 is 0 Å². The number of nitrogens with zero attached hydrogens (tertiary/aromatic N) is 1. The van der Waals surface area contributed by atoms with Crippen LogP contribution in [0, 0.1) is 0 Å². The Morgan fingerprint density at radius 1 is 0.682 bits per heavy atom. The Morgan fingerprint density at radius 2 is 1.41 bits per heavy atom. The van der Waals surface area contributed by atoms with E-state index in [0.717, 1.165) is 27.9 Å². The fourth-order valence-electron chi connectivity index (χ4n) is 2.64. The van der Waals surface area contributed by atoms with Gasteiger partial charge in [0.25, 0.3) is 0 Å². The zero-order chi connectivity index (χ0) is 14.9. The normalized spacial score (nSPS) is 10.9. The van der Waals surface area contributed by atoms with E-state index in [4.69, 9.17) is 4.52 Å². The van der Waals surface area contributed by atoms with Gasteiger partial charge in [-0.25, -0.2) is 0 Å². The fourth-order valence-corrected chi connectivity index (χ4v) is 2.64. The minimum absolute atomic E-state index is 0.233. The van der Waals surface area contributed by atoms with Crippen LogP contribution in [0.25, 0.3) is 33.7 Å². The van der Waals surface area contributed by atoms with Crippen LogP contribution in [-0.2, 0) is 0 Å². The topological polar surface area (TPSA) is 46.3 Å². The van der Waals surface area contributed by atoms with E-state index in [1.165, 1.54) is 0 Å². The summed E-state index contributed by atoms with van der Waals surface area (Å²) in [4.78, 5) is 0. The fraction of sp³-hybridized carbons (Fsp3) is 0. The summed E-state index contributed by atoms with van der Waals surface area (Å²) in [5.41, 5.74) is 4.82. The Balaban J connectivity index is 1.90. The van der Waals surface area contributed by atoms with Crippen LogP contribution in [-0.4, -0.2) is 10.3 Å². The highest BCUT2D eigenvalue weighted by atomic mass is 16.5. The van der Waals surface area contributed by atoms with E-state index in [2.05, 4.69) is 5.16 Å². The number of phenolic OH excluding ortho intramolecular Hbond substituents is 1. The first-order valence-electron chi connectivity index (χ1n) is 7.06. The number of hydrogen-bond acceptors (Lipinski definition) is 3. The second-order valence-corrected chi connectivity index (χ2v) is 5.13. The van der Waals surface area contributed by atoms with Gasteiger partial charge in [0, 0.05) is 22.3 Å². The molecule has 4 rings (SSSR count). The van der Waals surface area contributed by atoms with Crippen molar-refractivity contribution >= 4 is 0 Å². The lowest BCUT2D eigenvalue weighted by Crippen LogP contribution is -1.91. The molecule has 0 saturated carbocycles.